The number of hydrogen-bond acceptors (Lipinski definition) is 2. The summed E-state index contributed by atoms with van der Waals surface area (Å²) in [7, 11) is 0. The molecule has 3 nitrogen and oxygen atoms in total. The molecule has 0 saturated carbocycles. The van der Waals surface area contributed by atoms with Gasteiger partial charge in [0, 0.05) is 5.69 Å². The van der Waals surface area contributed by atoms with Crippen LogP contribution in [0.5, 0.6) is 5.75 Å². The number of anilines is 1. The highest BCUT2D eigenvalue weighted by Crippen LogP contribution is 2.30. The van der Waals surface area contributed by atoms with Gasteiger partial charge in [0.2, 0.25) is 0 Å². The summed E-state index contributed by atoms with van der Waals surface area (Å²) in [6.07, 6.45) is 5.05. The van der Waals surface area contributed by atoms with Gasteiger partial charge in [0.15, 0.2) is 6.10 Å². The summed E-state index contributed by atoms with van der Waals surface area (Å²) in [4.78, 5) is 12.4. The molecular weight excluding hydrogens is 298 g/mol. The van der Waals surface area contributed by atoms with Gasteiger partial charge < -0.3 is 10.1 Å². The Bertz CT molecular complexity index is 706. The fraction of sp³-hybridized carbons (Fsp3) is 0.381. The van der Waals surface area contributed by atoms with E-state index in [1.807, 2.05) is 36.4 Å². The maximum absolute atomic E-state index is 12.4. The van der Waals surface area contributed by atoms with E-state index in [-0.39, 0.29) is 5.91 Å². The molecule has 0 bridgehead atoms. The lowest BCUT2D eigenvalue weighted by molar-refractivity contribution is -0.122. The normalized spacial score (nSPS) is 14.6. The van der Waals surface area contributed by atoms with Crippen molar-refractivity contribution >= 4 is 11.6 Å². The van der Waals surface area contributed by atoms with Gasteiger partial charge >= 0.3 is 0 Å². The van der Waals surface area contributed by atoms with Gasteiger partial charge in [-0.25, -0.2) is 0 Å². The van der Waals surface area contributed by atoms with E-state index < -0.39 is 6.10 Å². The van der Waals surface area contributed by atoms with Crippen LogP contribution >= 0.6 is 0 Å². The summed E-state index contributed by atoms with van der Waals surface area (Å²) in [5, 5.41) is 2.93. The van der Waals surface area contributed by atoms with Crippen molar-refractivity contribution in [1.82, 2.24) is 0 Å². The Morgan fingerprint density at radius 2 is 1.88 bits per heavy atom. The number of nitrogens with one attached hydrogen (secondary N) is 1. The second-order valence-corrected chi connectivity index (χ2v) is 6.40. The molecule has 1 atom stereocenters. The number of benzene rings is 2. The zero-order valence-corrected chi connectivity index (χ0v) is 14.5. The van der Waals surface area contributed by atoms with Crippen molar-refractivity contribution in [3.8, 4) is 5.75 Å². The number of rotatable bonds is 5. The zero-order chi connectivity index (χ0) is 16.9. The Labute approximate surface area is 144 Å². The summed E-state index contributed by atoms with van der Waals surface area (Å²) < 4.78 is 5.98. The highest BCUT2D eigenvalue weighted by molar-refractivity contribution is 5.94. The standard InChI is InChI=1S/C21H25NO2/c1-3-16-11-13-18(14-12-16)22-21(23)15(2)24-20-10-6-8-17-7-4-5-9-19(17)20/h6,8,10-15H,3-5,7,9H2,1-2H3,(H,22,23). The molecule has 1 aliphatic carbocycles. The lowest BCUT2D eigenvalue weighted by Gasteiger charge is -2.22. The topological polar surface area (TPSA) is 38.3 Å². The minimum Gasteiger partial charge on any atom is -0.481 e. The van der Waals surface area contributed by atoms with Gasteiger partial charge in [-0.15, -0.1) is 0 Å². The molecule has 0 radical (unpaired) electrons. The first-order chi connectivity index (χ1) is 11.7. The molecule has 24 heavy (non-hydrogen) atoms. The lowest BCUT2D eigenvalue weighted by Crippen LogP contribution is -2.30. The minimum absolute atomic E-state index is 0.118. The van der Waals surface area contributed by atoms with Crippen LogP contribution in [0.15, 0.2) is 42.5 Å². The van der Waals surface area contributed by atoms with Crippen molar-refractivity contribution < 1.29 is 9.53 Å². The van der Waals surface area contributed by atoms with Crippen LogP contribution in [0.4, 0.5) is 5.69 Å². The van der Waals surface area contributed by atoms with E-state index in [1.54, 1.807) is 6.92 Å². The predicted molar refractivity (Wildman–Crippen MR) is 97.6 cm³/mol. The van der Waals surface area contributed by atoms with Gasteiger partial charge in [-0.3, -0.25) is 4.79 Å². The highest BCUT2D eigenvalue weighted by atomic mass is 16.5. The SMILES string of the molecule is CCc1ccc(NC(=O)C(C)Oc2cccc3c2CCCC3)cc1. The molecule has 0 fully saturated rings. The van der Waals surface area contributed by atoms with Crippen LogP contribution in [0.3, 0.4) is 0 Å². The van der Waals surface area contributed by atoms with Crippen molar-refractivity contribution in [3.05, 3.63) is 59.2 Å². The van der Waals surface area contributed by atoms with Crippen LogP contribution in [-0.4, -0.2) is 12.0 Å². The zero-order valence-electron chi connectivity index (χ0n) is 14.5. The Kier molecular flexibility index (Phi) is 5.19. The van der Waals surface area contributed by atoms with E-state index in [1.165, 1.54) is 29.5 Å². The summed E-state index contributed by atoms with van der Waals surface area (Å²) >= 11 is 0. The molecule has 0 aromatic heterocycles. The number of carbonyl (C=O) groups is 1. The first kappa shape index (κ1) is 16.6. The van der Waals surface area contributed by atoms with Gasteiger partial charge in [-0.2, -0.15) is 0 Å². The van der Waals surface area contributed by atoms with Gasteiger partial charge in [0.05, 0.1) is 0 Å². The minimum atomic E-state index is -0.524. The predicted octanol–water partition coefficient (Wildman–Crippen LogP) is 4.53. The quantitative estimate of drug-likeness (QED) is 0.877. The average molecular weight is 323 g/mol. The van der Waals surface area contributed by atoms with Gasteiger partial charge in [-0.05, 0) is 73.9 Å². The Morgan fingerprint density at radius 3 is 2.62 bits per heavy atom. The number of hydrogen-bond donors (Lipinski definition) is 1. The maximum Gasteiger partial charge on any atom is 0.265 e. The largest absolute Gasteiger partial charge is 0.481 e. The smallest absolute Gasteiger partial charge is 0.265 e. The third-order valence-electron chi connectivity index (χ3n) is 4.66. The first-order valence-corrected chi connectivity index (χ1v) is 8.84. The molecule has 1 N–H and O–H groups in total. The maximum atomic E-state index is 12.4. The third-order valence-corrected chi connectivity index (χ3v) is 4.66. The van der Waals surface area contributed by atoms with Crippen LogP contribution in [-0.2, 0) is 24.1 Å². The molecule has 3 heteroatoms. The number of ether oxygens (including phenoxy) is 1. The third kappa shape index (κ3) is 3.78. The summed E-state index contributed by atoms with van der Waals surface area (Å²) in [5.41, 5.74) is 4.70. The highest BCUT2D eigenvalue weighted by Gasteiger charge is 2.19. The van der Waals surface area contributed by atoms with Crippen LogP contribution in [0.2, 0.25) is 0 Å². The molecule has 0 saturated heterocycles. The molecule has 1 unspecified atom stereocenters. The van der Waals surface area contributed by atoms with Crippen LogP contribution < -0.4 is 10.1 Å². The van der Waals surface area contributed by atoms with E-state index >= 15 is 0 Å². The average Bonchev–Trinajstić information content (AvgIpc) is 2.62. The van der Waals surface area contributed by atoms with Crippen molar-refractivity contribution in [2.75, 3.05) is 5.32 Å². The second-order valence-electron chi connectivity index (χ2n) is 6.40. The summed E-state index contributed by atoms with van der Waals surface area (Å²) in [6, 6.07) is 14.1. The van der Waals surface area contributed by atoms with Crippen LogP contribution in [0.25, 0.3) is 0 Å². The van der Waals surface area contributed by atoms with Crippen LogP contribution in [0, 0.1) is 0 Å². The molecule has 3 rings (SSSR count). The molecule has 0 aliphatic heterocycles. The van der Waals surface area contributed by atoms with E-state index in [0.717, 1.165) is 30.7 Å². The van der Waals surface area contributed by atoms with E-state index in [0.29, 0.717) is 0 Å². The van der Waals surface area contributed by atoms with Crippen LogP contribution in [0.1, 0.15) is 43.4 Å². The monoisotopic (exact) mass is 323 g/mol. The lowest BCUT2D eigenvalue weighted by atomic mass is 9.91. The number of fused-ring (bicyclic) bond motifs is 1. The molecule has 0 heterocycles. The molecule has 2 aromatic carbocycles. The Balaban J connectivity index is 1.66. The van der Waals surface area contributed by atoms with E-state index in [4.69, 9.17) is 4.74 Å². The molecule has 1 aliphatic rings. The molecule has 2 aromatic rings. The van der Waals surface area contributed by atoms with Gasteiger partial charge in [0.25, 0.3) is 5.91 Å². The Morgan fingerprint density at radius 1 is 1.12 bits per heavy atom. The molecule has 1 amide bonds. The van der Waals surface area contributed by atoms with Gasteiger partial charge in [0.1, 0.15) is 5.75 Å². The van der Waals surface area contributed by atoms with Crippen molar-refractivity contribution in [3.63, 3.8) is 0 Å². The van der Waals surface area contributed by atoms with Crippen molar-refractivity contribution in [1.29, 1.82) is 0 Å². The van der Waals surface area contributed by atoms with E-state index in [9.17, 15) is 4.79 Å². The fourth-order valence-electron chi connectivity index (χ4n) is 3.17. The molecular formula is C21H25NO2. The second kappa shape index (κ2) is 7.52. The number of aryl methyl sites for hydroxylation is 2. The number of amides is 1. The van der Waals surface area contributed by atoms with Crippen molar-refractivity contribution in [2.24, 2.45) is 0 Å². The van der Waals surface area contributed by atoms with Gasteiger partial charge in [-0.1, -0.05) is 31.2 Å². The number of carbonyl (C=O) groups excluding carboxylic acids is 1. The van der Waals surface area contributed by atoms with Crippen molar-refractivity contribution in [2.45, 2.75) is 52.1 Å². The molecule has 0 spiro atoms. The Hall–Kier alpha value is -2.29. The first-order valence-electron chi connectivity index (χ1n) is 8.84. The summed E-state index contributed by atoms with van der Waals surface area (Å²) in [6.45, 7) is 3.92. The fourth-order valence-corrected chi connectivity index (χ4v) is 3.17. The summed E-state index contributed by atoms with van der Waals surface area (Å²) in [5.74, 6) is 0.740. The van der Waals surface area contributed by atoms with E-state index in [2.05, 4.69) is 18.3 Å². The molecule has 126 valence electrons.